The monoisotopic (exact) mass is 307 g/mol. The minimum atomic E-state index is -4.78. The predicted molar refractivity (Wildman–Crippen MR) is 68.7 cm³/mol. The summed E-state index contributed by atoms with van der Waals surface area (Å²) in [6.45, 7) is 0.785. The molecule has 0 heterocycles. The summed E-state index contributed by atoms with van der Waals surface area (Å²) in [6.07, 6.45) is -7.40. The zero-order chi connectivity index (χ0) is 16.2. The molecule has 1 aromatic carbocycles. The Hall–Kier alpha value is -1.96. The van der Waals surface area contributed by atoms with Crippen LogP contribution in [0.1, 0.15) is 15.9 Å². The zero-order valence-corrected chi connectivity index (χ0v) is 11.7. The van der Waals surface area contributed by atoms with Gasteiger partial charge in [-0.15, -0.1) is 0 Å². The molecule has 1 aromatic rings. The first-order valence-corrected chi connectivity index (χ1v) is 5.96. The van der Waals surface area contributed by atoms with Gasteiger partial charge in [-0.05, 0) is 19.1 Å². The molecule has 1 unspecified atom stereocenters. The minimum Gasteiger partial charge on any atom is -0.496 e. The lowest BCUT2D eigenvalue weighted by atomic mass is 10.1. The van der Waals surface area contributed by atoms with Gasteiger partial charge in [-0.25, -0.2) is 0 Å². The molecule has 0 spiro atoms. The Balaban J connectivity index is 2.88. The number of amides is 1. The molecule has 0 aliphatic carbocycles. The lowest BCUT2D eigenvalue weighted by molar-refractivity contribution is -0.201. The van der Waals surface area contributed by atoms with Gasteiger partial charge in [-0.1, -0.05) is 0 Å². The predicted octanol–water partition coefficient (Wildman–Crippen LogP) is 1.67. The van der Waals surface area contributed by atoms with Crippen molar-refractivity contribution >= 4 is 5.91 Å². The van der Waals surface area contributed by atoms with Crippen LogP contribution < -0.4 is 14.8 Å². The summed E-state index contributed by atoms with van der Waals surface area (Å²) in [4.78, 5) is 11.8. The smallest absolute Gasteiger partial charge is 0.416 e. The molecule has 0 fully saturated rings. The van der Waals surface area contributed by atoms with E-state index in [1.54, 1.807) is 6.92 Å². The van der Waals surface area contributed by atoms with Crippen LogP contribution in [0.2, 0.25) is 0 Å². The molecule has 0 bridgehead atoms. The third-order valence-electron chi connectivity index (χ3n) is 2.85. The Labute approximate surface area is 119 Å². The molecule has 118 valence electrons. The fourth-order valence-corrected chi connectivity index (χ4v) is 1.62. The van der Waals surface area contributed by atoms with E-state index < -0.39 is 24.7 Å². The second kappa shape index (κ2) is 6.66. The molecule has 21 heavy (non-hydrogen) atoms. The number of methoxy groups -OCH3 is 2. The quantitative estimate of drug-likeness (QED) is 0.868. The van der Waals surface area contributed by atoms with Crippen LogP contribution in [-0.4, -0.2) is 44.1 Å². The highest BCUT2D eigenvalue weighted by Gasteiger charge is 2.38. The van der Waals surface area contributed by atoms with E-state index in [0.29, 0.717) is 17.1 Å². The number of aliphatic hydroxyl groups is 1. The summed E-state index contributed by atoms with van der Waals surface area (Å²) >= 11 is 0. The number of carbonyl (C=O) groups excluding carboxylic acids is 1. The van der Waals surface area contributed by atoms with E-state index in [0.717, 1.165) is 0 Å². The Kier molecular flexibility index (Phi) is 5.42. The van der Waals surface area contributed by atoms with Crippen molar-refractivity contribution in [3.63, 3.8) is 0 Å². The van der Waals surface area contributed by atoms with E-state index in [4.69, 9.17) is 14.6 Å². The van der Waals surface area contributed by atoms with Crippen molar-refractivity contribution in [2.75, 3.05) is 20.8 Å². The Bertz CT molecular complexity index is 492. The van der Waals surface area contributed by atoms with E-state index in [1.165, 1.54) is 26.4 Å². The van der Waals surface area contributed by atoms with Gasteiger partial charge in [0.1, 0.15) is 11.5 Å². The Morgan fingerprint density at radius 1 is 1.29 bits per heavy atom. The Morgan fingerprint density at radius 2 is 1.76 bits per heavy atom. The van der Waals surface area contributed by atoms with Crippen molar-refractivity contribution in [3.05, 3.63) is 23.3 Å². The maximum atomic E-state index is 12.2. The van der Waals surface area contributed by atoms with Gasteiger partial charge in [-0.2, -0.15) is 13.2 Å². The van der Waals surface area contributed by atoms with Crippen molar-refractivity contribution < 1.29 is 32.5 Å². The van der Waals surface area contributed by atoms with Crippen LogP contribution in [0.25, 0.3) is 0 Å². The summed E-state index contributed by atoms with van der Waals surface area (Å²) in [7, 11) is 2.80. The first kappa shape index (κ1) is 17.1. The Morgan fingerprint density at radius 3 is 2.14 bits per heavy atom. The normalized spacial score (nSPS) is 12.7. The average molecular weight is 307 g/mol. The largest absolute Gasteiger partial charge is 0.496 e. The van der Waals surface area contributed by atoms with Gasteiger partial charge in [-0.3, -0.25) is 4.79 Å². The number of hydrogen-bond donors (Lipinski definition) is 2. The van der Waals surface area contributed by atoms with Gasteiger partial charge < -0.3 is 19.9 Å². The second-order valence-electron chi connectivity index (χ2n) is 4.27. The molecule has 5 nitrogen and oxygen atoms in total. The van der Waals surface area contributed by atoms with Crippen LogP contribution in [0.5, 0.6) is 11.5 Å². The number of aliphatic hydroxyl groups excluding tert-OH is 1. The zero-order valence-electron chi connectivity index (χ0n) is 11.7. The molecular formula is C13H16F3NO4. The highest BCUT2D eigenvalue weighted by molar-refractivity contribution is 5.95. The highest BCUT2D eigenvalue weighted by atomic mass is 19.4. The first-order valence-electron chi connectivity index (χ1n) is 5.96. The SMILES string of the molecule is COc1cc(C(=O)NCC(O)C(F)(F)F)cc(OC)c1C. The minimum absolute atomic E-state index is 0.0728. The summed E-state index contributed by atoms with van der Waals surface area (Å²) in [6, 6.07) is 2.76. The molecule has 0 aliphatic rings. The maximum absolute atomic E-state index is 12.2. The summed E-state index contributed by atoms with van der Waals surface area (Å²) < 4.78 is 46.6. The number of carbonyl (C=O) groups is 1. The molecule has 0 saturated carbocycles. The summed E-state index contributed by atoms with van der Waals surface area (Å²) in [5.41, 5.74) is 0.732. The number of nitrogens with one attached hydrogen (secondary N) is 1. The van der Waals surface area contributed by atoms with E-state index in [9.17, 15) is 18.0 Å². The van der Waals surface area contributed by atoms with Crippen LogP contribution >= 0.6 is 0 Å². The van der Waals surface area contributed by atoms with Crippen molar-refractivity contribution in [1.82, 2.24) is 5.32 Å². The molecule has 0 radical (unpaired) electrons. The van der Waals surface area contributed by atoms with E-state index in [1.807, 2.05) is 5.32 Å². The number of halogens is 3. The number of hydrogen-bond acceptors (Lipinski definition) is 4. The molecular weight excluding hydrogens is 291 g/mol. The molecule has 1 atom stereocenters. The fraction of sp³-hybridized carbons (Fsp3) is 0.462. The van der Waals surface area contributed by atoms with Crippen LogP contribution in [-0.2, 0) is 0 Å². The van der Waals surface area contributed by atoms with Crippen LogP contribution in [0.15, 0.2) is 12.1 Å². The van der Waals surface area contributed by atoms with Gasteiger partial charge in [0.25, 0.3) is 5.91 Å². The molecule has 2 N–H and O–H groups in total. The van der Waals surface area contributed by atoms with Gasteiger partial charge in [0.15, 0.2) is 6.10 Å². The standard InChI is InChI=1S/C13H16F3NO4/c1-7-9(20-2)4-8(5-10(7)21-3)12(19)17-6-11(18)13(14,15)16/h4-5,11,18H,6H2,1-3H3,(H,17,19). The van der Waals surface area contributed by atoms with E-state index in [2.05, 4.69) is 0 Å². The maximum Gasteiger partial charge on any atom is 0.416 e. The lowest BCUT2D eigenvalue weighted by Crippen LogP contribution is -2.40. The van der Waals surface area contributed by atoms with Crippen molar-refractivity contribution in [1.29, 1.82) is 0 Å². The molecule has 8 heteroatoms. The third-order valence-corrected chi connectivity index (χ3v) is 2.85. The highest BCUT2D eigenvalue weighted by Crippen LogP contribution is 2.29. The van der Waals surface area contributed by atoms with Crippen LogP contribution in [0.4, 0.5) is 13.2 Å². The van der Waals surface area contributed by atoms with E-state index >= 15 is 0 Å². The van der Waals surface area contributed by atoms with Gasteiger partial charge in [0, 0.05) is 11.1 Å². The number of ether oxygens (including phenoxy) is 2. The van der Waals surface area contributed by atoms with Gasteiger partial charge in [0.05, 0.1) is 20.8 Å². The molecule has 0 aromatic heterocycles. The summed E-state index contributed by atoms with van der Waals surface area (Å²) in [5.74, 6) is -0.0263. The fourth-order valence-electron chi connectivity index (χ4n) is 1.62. The van der Waals surface area contributed by atoms with Crippen molar-refractivity contribution in [2.24, 2.45) is 0 Å². The number of rotatable bonds is 5. The van der Waals surface area contributed by atoms with Crippen LogP contribution in [0.3, 0.4) is 0 Å². The molecule has 1 rings (SSSR count). The molecule has 0 saturated heterocycles. The van der Waals surface area contributed by atoms with Gasteiger partial charge in [0.2, 0.25) is 0 Å². The van der Waals surface area contributed by atoms with Gasteiger partial charge >= 0.3 is 6.18 Å². The topological polar surface area (TPSA) is 67.8 Å². The van der Waals surface area contributed by atoms with E-state index in [-0.39, 0.29) is 5.56 Å². The number of alkyl halides is 3. The van der Waals surface area contributed by atoms with Crippen LogP contribution in [0, 0.1) is 6.92 Å². The van der Waals surface area contributed by atoms with Crippen molar-refractivity contribution in [2.45, 2.75) is 19.2 Å². The molecule has 1 amide bonds. The number of benzene rings is 1. The average Bonchev–Trinajstić information content (AvgIpc) is 2.43. The second-order valence-corrected chi connectivity index (χ2v) is 4.27. The molecule has 0 aliphatic heterocycles. The first-order chi connectivity index (χ1) is 9.70. The third kappa shape index (κ3) is 4.25. The summed E-state index contributed by atoms with van der Waals surface area (Å²) in [5, 5.41) is 10.8. The van der Waals surface area contributed by atoms with Crippen molar-refractivity contribution in [3.8, 4) is 11.5 Å². The lowest BCUT2D eigenvalue weighted by Gasteiger charge is -2.16.